The largest absolute Gasteiger partial charge is 0.480 e. The van der Waals surface area contributed by atoms with Crippen molar-refractivity contribution in [2.45, 2.75) is 70.3 Å². The number of aliphatic hydroxyl groups is 1. The van der Waals surface area contributed by atoms with Gasteiger partial charge in [-0.15, -0.1) is 0 Å². The summed E-state index contributed by atoms with van der Waals surface area (Å²) < 4.78 is 0. The van der Waals surface area contributed by atoms with Crippen LogP contribution in [0.2, 0.25) is 0 Å². The molecule has 0 saturated carbocycles. The Balaban J connectivity index is 5.49. The average Bonchev–Trinajstić information content (AvgIpc) is 2.68. The van der Waals surface area contributed by atoms with Crippen molar-refractivity contribution in [2.24, 2.45) is 17.4 Å². The summed E-state index contributed by atoms with van der Waals surface area (Å²) in [5.41, 5.74) is 10.7. The van der Waals surface area contributed by atoms with Crippen LogP contribution in [0.1, 0.15) is 40.0 Å². The number of carboxylic acids is 1. The molecule has 0 radical (unpaired) electrons. The fraction of sp³-hybridized carbons (Fsp3) is 0.737. The summed E-state index contributed by atoms with van der Waals surface area (Å²) >= 11 is 1.41. The smallest absolute Gasteiger partial charge is 0.326 e. The summed E-state index contributed by atoms with van der Waals surface area (Å²) in [4.78, 5) is 60.4. The van der Waals surface area contributed by atoms with Crippen LogP contribution in [0.5, 0.6) is 0 Å². The van der Waals surface area contributed by atoms with Crippen LogP contribution >= 0.6 is 11.8 Å². The monoisotopic (exact) mass is 477 g/mol. The summed E-state index contributed by atoms with van der Waals surface area (Å²) in [7, 11) is 0. The Morgan fingerprint density at radius 3 is 1.84 bits per heavy atom. The van der Waals surface area contributed by atoms with Gasteiger partial charge in [0.1, 0.15) is 24.2 Å². The van der Waals surface area contributed by atoms with Crippen LogP contribution in [0.3, 0.4) is 0 Å². The topological polar surface area (TPSA) is 214 Å². The van der Waals surface area contributed by atoms with Gasteiger partial charge < -0.3 is 37.6 Å². The number of carboxylic acid groups (broad SMARTS) is 1. The van der Waals surface area contributed by atoms with Crippen LogP contribution < -0.4 is 27.4 Å². The summed E-state index contributed by atoms with van der Waals surface area (Å²) in [5, 5.41) is 25.9. The molecule has 0 rings (SSSR count). The normalized spacial score (nSPS) is 15.7. The zero-order valence-electron chi connectivity index (χ0n) is 18.8. The third-order valence-corrected chi connectivity index (χ3v) is 5.07. The minimum absolute atomic E-state index is 0.00363. The van der Waals surface area contributed by atoms with Crippen molar-refractivity contribution in [3.8, 4) is 0 Å². The number of amides is 4. The van der Waals surface area contributed by atoms with Crippen LogP contribution in [0.15, 0.2) is 0 Å². The molecule has 0 aliphatic rings. The minimum Gasteiger partial charge on any atom is -0.480 e. The van der Waals surface area contributed by atoms with Crippen molar-refractivity contribution in [1.82, 2.24) is 16.0 Å². The first-order valence-corrected chi connectivity index (χ1v) is 11.5. The molecule has 0 spiro atoms. The van der Waals surface area contributed by atoms with E-state index in [9.17, 15) is 34.2 Å². The van der Waals surface area contributed by atoms with Crippen LogP contribution in [-0.2, 0) is 24.0 Å². The third-order valence-electron chi connectivity index (χ3n) is 4.43. The number of nitrogens with two attached hydrogens (primary N) is 2. The summed E-state index contributed by atoms with van der Waals surface area (Å²) in [6.45, 7) is 4.90. The Hall–Kier alpha value is -2.38. The molecule has 0 aromatic carbocycles. The van der Waals surface area contributed by atoms with Gasteiger partial charge in [-0.05, 0) is 37.7 Å². The van der Waals surface area contributed by atoms with Gasteiger partial charge in [-0.3, -0.25) is 19.2 Å². The third kappa shape index (κ3) is 11.3. The van der Waals surface area contributed by atoms with E-state index in [2.05, 4.69) is 16.0 Å². The van der Waals surface area contributed by atoms with E-state index in [1.54, 1.807) is 6.26 Å². The van der Waals surface area contributed by atoms with Crippen LogP contribution in [0.4, 0.5) is 0 Å². The molecule has 13 heteroatoms. The highest BCUT2D eigenvalue weighted by molar-refractivity contribution is 7.98. The molecular weight excluding hydrogens is 442 g/mol. The molecule has 0 heterocycles. The Labute approximate surface area is 191 Å². The van der Waals surface area contributed by atoms with Crippen LogP contribution in [0.25, 0.3) is 0 Å². The number of rotatable bonds is 15. The van der Waals surface area contributed by atoms with Crippen molar-refractivity contribution in [3.63, 3.8) is 0 Å². The number of thioether (sulfide) groups is 1. The molecular formula is C19H35N5O7S. The number of hydrogen-bond donors (Lipinski definition) is 7. The summed E-state index contributed by atoms with van der Waals surface area (Å²) in [6, 6.07) is -5.02. The second-order valence-electron chi connectivity index (χ2n) is 7.87. The second kappa shape index (κ2) is 14.6. The Morgan fingerprint density at radius 2 is 1.41 bits per heavy atom. The Kier molecular flexibility index (Phi) is 13.5. The lowest BCUT2D eigenvalue weighted by atomic mass is 10.0. The van der Waals surface area contributed by atoms with Gasteiger partial charge in [-0.2, -0.15) is 11.8 Å². The zero-order valence-corrected chi connectivity index (χ0v) is 19.6. The molecule has 0 bridgehead atoms. The quantitative estimate of drug-likeness (QED) is 0.137. The van der Waals surface area contributed by atoms with E-state index in [0.29, 0.717) is 5.75 Å². The predicted molar refractivity (Wildman–Crippen MR) is 119 cm³/mol. The summed E-state index contributed by atoms with van der Waals surface area (Å²) in [6.07, 6.45) is 0.398. The number of carbonyl (C=O) groups is 5. The van der Waals surface area contributed by atoms with Crippen molar-refractivity contribution in [2.75, 3.05) is 12.0 Å². The van der Waals surface area contributed by atoms with Crippen LogP contribution in [-0.4, -0.2) is 82.1 Å². The van der Waals surface area contributed by atoms with E-state index in [1.807, 2.05) is 13.8 Å². The van der Waals surface area contributed by atoms with Gasteiger partial charge in [-0.1, -0.05) is 13.8 Å². The number of carbonyl (C=O) groups excluding carboxylic acids is 4. The van der Waals surface area contributed by atoms with Crippen LogP contribution in [0, 0.1) is 5.92 Å². The van der Waals surface area contributed by atoms with E-state index in [-0.39, 0.29) is 18.8 Å². The number of nitrogens with one attached hydrogen (secondary N) is 3. The van der Waals surface area contributed by atoms with E-state index in [0.717, 1.165) is 0 Å². The zero-order chi connectivity index (χ0) is 25.0. The molecule has 0 aliphatic heterocycles. The molecule has 0 aromatic rings. The Bertz CT molecular complexity index is 674. The van der Waals surface area contributed by atoms with E-state index in [1.165, 1.54) is 18.7 Å². The first kappa shape index (κ1) is 29.6. The van der Waals surface area contributed by atoms with Gasteiger partial charge in [0.15, 0.2) is 0 Å². The maximum Gasteiger partial charge on any atom is 0.326 e. The van der Waals surface area contributed by atoms with Crippen molar-refractivity contribution in [1.29, 1.82) is 0 Å². The van der Waals surface area contributed by atoms with E-state index < -0.39 is 66.3 Å². The lowest BCUT2D eigenvalue weighted by Gasteiger charge is -2.25. The molecule has 4 amide bonds. The predicted octanol–water partition coefficient (Wildman–Crippen LogP) is -2.09. The minimum atomic E-state index is -1.43. The van der Waals surface area contributed by atoms with Crippen molar-refractivity contribution >= 4 is 41.4 Å². The maximum absolute atomic E-state index is 12.7. The molecule has 184 valence electrons. The molecule has 0 saturated heterocycles. The lowest BCUT2D eigenvalue weighted by Crippen LogP contribution is -2.58. The first-order chi connectivity index (χ1) is 14.8. The van der Waals surface area contributed by atoms with Gasteiger partial charge in [0.25, 0.3) is 0 Å². The fourth-order valence-corrected chi connectivity index (χ4v) is 3.11. The second-order valence-corrected chi connectivity index (χ2v) is 8.86. The van der Waals surface area contributed by atoms with Gasteiger partial charge in [0.05, 0.1) is 12.5 Å². The molecule has 0 fully saturated rings. The molecule has 0 aromatic heterocycles. The average molecular weight is 478 g/mol. The standard InChI is InChI=1S/C19H35N5O7S/c1-9(2)7-13(19(30)31)24-16(27)11(5-6-32-4)22-17(28)12(8-14(20)26)23-18(29)15(21)10(3)25/h9-13,15,25H,5-8,21H2,1-4H3,(H2,20,26)(H,22,28)(H,23,29)(H,24,27)(H,30,31). The SMILES string of the molecule is CSCCC(NC(=O)C(CC(N)=O)NC(=O)C(N)C(C)O)C(=O)NC(CC(C)C)C(=O)O. The number of primary amides is 1. The highest BCUT2D eigenvalue weighted by Gasteiger charge is 2.31. The molecule has 32 heavy (non-hydrogen) atoms. The highest BCUT2D eigenvalue weighted by atomic mass is 32.2. The number of aliphatic carboxylic acids is 1. The van der Waals surface area contributed by atoms with E-state index >= 15 is 0 Å². The molecule has 5 unspecified atom stereocenters. The molecule has 0 aliphatic carbocycles. The Morgan fingerprint density at radius 1 is 0.906 bits per heavy atom. The summed E-state index contributed by atoms with van der Waals surface area (Å²) in [5.74, 6) is -4.06. The highest BCUT2D eigenvalue weighted by Crippen LogP contribution is 2.08. The van der Waals surface area contributed by atoms with Crippen molar-refractivity contribution < 1.29 is 34.2 Å². The van der Waals surface area contributed by atoms with E-state index in [4.69, 9.17) is 11.5 Å². The van der Waals surface area contributed by atoms with Crippen molar-refractivity contribution in [3.05, 3.63) is 0 Å². The van der Waals surface area contributed by atoms with Gasteiger partial charge in [0, 0.05) is 0 Å². The molecule has 9 N–H and O–H groups in total. The lowest BCUT2D eigenvalue weighted by molar-refractivity contribution is -0.143. The first-order valence-electron chi connectivity index (χ1n) is 10.1. The maximum atomic E-state index is 12.7. The van der Waals surface area contributed by atoms with Gasteiger partial charge in [-0.25, -0.2) is 4.79 Å². The number of aliphatic hydroxyl groups excluding tert-OH is 1. The number of hydrogen-bond acceptors (Lipinski definition) is 8. The van der Waals surface area contributed by atoms with Gasteiger partial charge >= 0.3 is 5.97 Å². The fourth-order valence-electron chi connectivity index (χ4n) is 2.64. The molecule has 5 atom stereocenters. The molecule has 12 nitrogen and oxygen atoms in total. The van der Waals surface area contributed by atoms with Gasteiger partial charge in [0.2, 0.25) is 23.6 Å².